The van der Waals surface area contributed by atoms with Crippen LogP contribution in [-0.2, 0) is 4.74 Å². The summed E-state index contributed by atoms with van der Waals surface area (Å²) in [5, 5.41) is 1.88. The molecule has 1 saturated heterocycles. The van der Waals surface area contributed by atoms with Crippen molar-refractivity contribution in [2.45, 2.75) is 0 Å². The number of hydrogen-bond acceptors (Lipinski definition) is 3. The average molecular weight is 314 g/mol. The number of halogens is 1. The molecular formula is C17H16ClN3O. The molecule has 0 atom stereocenters. The molecule has 1 aromatic carbocycles. The summed E-state index contributed by atoms with van der Waals surface area (Å²) in [6.07, 6.45) is 3.86. The minimum absolute atomic E-state index is 0.740. The van der Waals surface area contributed by atoms with Crippen LogP contribution in [0.25, 0.3) is 22.2 Å². The van der Waals surface area contributed by atoms with E-state index in [0.717, 1.165) is 53.5 Å². The van der Waals surface area contributed by atoms with E-state index in [2.05, 4.69) is 27.0 Å². The third-order valence-corrected chi connectivity index (χ3v) is 4.27. The quantitative estimate of drug-likeness (QED) is 0.784. The van der Waals surface area contributed by atoms with Crippen LogP contribution in [0.2, 0.25) is 5.02 Å². The van der Waals surface area contributed by atoms with Gasteiger partial charge in [-0.2, -0.15) is 0 Å². The second-order valence-corrected chi connectivity index (χ2v) is 5.80. The number of H-pyrrole nitrogens is 1. The number of nitrogens with one attached hydrogen (secondary N) is 1. The molecule has 3 aromatic rings. The molecule has 22 heavy (non-hydrogen) atoms. The molecule has 0 spiro atoms. The van der Waals surface area contributed by atoms with Crippen LogP contribution < -0.4 is 4.90 Å². The molecule has 0 saturated carbocycles. The molecule has 4 nitrogen and oxygen atoms in total. The molecule has 3 heterocycles. The fourth-order valence-electron chi connectivity index (χ4n) is 2.99. The first-order valence-corrected chi connectivity index (χ1v) is 7.75. The SMILES string of the molecule is Clc1cccc(-c2c[nH]c3nccc(N4CCOCC4)c23)c1. The zero-order valence-corrected chi connectivity index (χ0v) is 12.8. The second-order valence-electron chi connectivity index (χ2n) is 5.37. The van der Waals surface area contributed by atoms with E-state index in [4.69, 9.17) is 16.3 Å². The number of aromatic nitrogens is 2. The molecule has 4 rings (SSSR count). The number of anilines is 1. The maximum Gasteiger partial charge on any atom is 0.139 e. The second kappa shape index (κ2) is 5.63. The Morgan fingerprint density at radius 1 is 1.18 bits per heavy atom. The topological polar surface area (TPSA) is 41.2 Å². The van der Waals surface area contributed by atoms with Crippen LogP contribution in [0.15, 0.2) is 42.7 Å². The summed E-state index contributed by atoms with van der Waals surface area (Å²) in [4.78, 5) is 10.1. The fourth-order valence-corrected chi connectivity index (χ4v) is 3.18. The Kier molecular flexibility index (Phi) is 3.48. The number of ether oxygens (including phenoxy) is 1. The van der Waals surface area contributed by atoms with Crippen molar-refractivity contribution in [3.63, 3.8) is 0 Å². The number of fused-ring (bicyclic) bond motifs is 1. The van der Waals surface area contributed by atoms with Gasteiger partial charge in [0.1, 0.15) is 5.65 Å². The highest BCUT2D eigenvalue weighted by Crippen LogP contribution is 2.35. The summed E-state index contributed by atoms with van der Waals surface area (Å²) in [5.74, 6) is 0. The molecule has 1 N–H and O–H groups in total. The molecule has 0 bridgehead atoms. The van der Waals surface area contributed by atoms with E-state index in [0.29, 0.717) is 0 Å². The Balaban J connectivity index is 1.89. The summed E-state index contributed by atoms with van der Waals surface area (Å²) in [6, 6.07) is 10.0. The normalized spacial score (nSPS) is 15.4. The molecule has 0 radical (unpaired) electrons. The lowest BCUT2D eigenvalue weighted by molar-refractivity contribution is 0.123. The zero-order chi connectivity index (χ0) is 14.9. The average Bonchev–Trinajstić information content (AvgIpc) is 3.00. The minimum Gasteiger partial charge on any atom is -0.378 e. The number of nitrogens with zero attached hydrogens (tertiary/aromatic N) is 2. The van der Waals surface area contributed by atoms with Gasteiger partial charge in [-0.1, -0.05) is 23.7 Å². The number of benzene rings is 1. The van der Waals surface area contributed by atoms with Crippen LogP contribution in [-0.4, -0.2) is 36.3 Å². The monoisotopic (exact) mass is 313 g/mol. The Bertz CT molecular complexity index is 809. The number of hydrogen-bond donors (Lipinski definition) is 1. The van der Waals surface area contributed by atoms with E-state index >= 15 is 0 Å². The molecule has 0 amide bonds. The van der Waals surface area contributed by atoms with Crippen molar-refractivity contribution in [1.82, 2.24) is 9.97 Å². The maximum absolute atomic E-state index is 6.15. The lowest BCUT2D eigenvalue weighted by Gasteiger charge is -2.29. The van der Waals surface area contributed by atoms with Gasteiger partial charge in [0.05, 0.1) is 18.9 Å². The molecular weight excluding hydrogens is 298 g/mol. The molecule has 2 aromatic heterocycles. The molecule has 1 fully saturated rings. The highest BCUT2D eigenvalue weighted by Gasteiger charge is 2.18. The lowest BCUT2D eigenvalue weighted by Crippen LogP contribution is -2.36. The Morgan fingerprint density at radius 2 is 2.05 bits per heavy atom. The predicted molar refractivity (Wildman–Crippen MR) is 89.6 cm³/mol. The molecule has 1 aliphatic rings. The van der Waals surface area contributed by atoms with Gasteiger partial charge in [0.15, 0.2) is 0 Å². The van der Waals surface area contributed by atoms with Crippen molar-refractivity contribution in [1.29, 1.82) is 0 Å². The van der Waals surface area contributed by atoms with Crippen molar-refractivity contribution in [3.05, 3.63) is 47.7 Å². The van der Waals surface area contributed by atoms with E-state index in [1.807, 2.05) is 30.6 Å². The number of aromatic amines is 1. The molecule has 1 aliphatic heterocycles. The van der Waals surface area contributed by atoms with Gasteiger partial charge in [-0.05, 0) is 23.8 Å². The molecule has 0 unspecified atom stereocenters. The summed E-state index contributed by atoms with van der Waals surface area (Å²) >= 11 is 6.15. The third-order valence-electron chi connectivity index (χ3n) is 4.04. The van der Waals surface area contributed by atoms with Crippen molar-refractivity contribution < 1.29 is 4.74 Å². The first-order chi connectivity index (χ1) is 10.8. The van der Waals surface area contributed by atoms with Gasteiger partial charge < -0.3 is 14.6 Å². The summed E-state index contributed by atoms with van der Waals surface area (Å²) in [6.45, 7) is 3.33. The number of rotatable bonds is 2. The van der Waals surface area contributed by atoms with Gasteiger partial charge in [-0.15, -0.1) is 0 Å². The minimum atomic E-state index is 0.740. The highest BCUT2D eigenvalue weighted by atomic mass is 35.5. The maximum atomic E-state index is 6.15. The standard InChI is InChI=1S/C17H16ClN3O/c18-13-3-1-2-12(10-13)14-11-20-17-16(14)15(4-5-19-17)21-6-8-22-9-7-21/h1-5,10-11H,6-9H2,(H,19,20). The van der Waals surface area contributed by atoms with Crippen molar-refractivity contribution >= 4 is 28.3 Å². The summed E-state index contributed by atoms with van der Waals surface area (Å²) < 4.78 is 5.46. The number of morpholine rings is 1. The first-order valence-electron chi connectivity index (χ1n) is 7.37. The van der Waals surface area contributed by atoms with Crippen LogP contribution in [0.1, 0.15) is 0 Å². The van der Waals surface area contributed by atoms with Crippen LogP contribution >= 0.6 is 11.6 Å². The van der Waals surface area contributed by atoms with Gasteiger partial charge in [-0.3, -0.25) is 0 Å². The molecule has 5 heteroatoms. The van der Waals surface area contributed by atoms with Crippen LogP contribution in [0.3, 0.4) is 0 Å². The van der Waals surface area contributed by atoms with E-state index in [-0.39, 0.29) is 0 Å². The third kappa shape index (κ3) is 2.34. The van der Waals surface area contributed by atoms with Crippen LogP contribution in [0, 0.1) is 0 Å². The van der Waals surface area contributed by atoms with Gasteiger partial charge in [0.25, 0.3) is 0 Å². The Labute approximate surface area is 133 Å². The Hall–Kier alpha value is -2.04. The van der Waals surface area contributed by atoms with Crippen molar-refractivity contribution in [2.24, 2.45) is 0 Å². The molecule has 0 aliphatic carbocycles. The number of pyridine rings is 1. The molecule has 112 valence electrons. The van der Waals surface area contributed by atoms with Gasteiger partial charge in [0.2, 0.25) is 0 Å². The largest absolute Gasteiger partial charge is 0.378 e. The van der Waals surface area contributed by atoms with Gasteiger partial charge in [-0.25, -0.2) is 4.98 Å². The van der Waals surface area contributed by atoms with E-state index < -0.39 is 0 Å². The summed E-state index contributed by atoms with van der Waals surface area (Å²) in [5.41, 5.74) is 4.33. The van der Waals surface area contributed by atoms with Crippen LogP contribution in [0.4, 0.5) is 5.69 Å². The van der Waals surface area contributed by atoms with Crippen molar-refractivity contribution in [3.8, 4) is 11.1 Å². The van der Waals surface area contributed by atoms with Gasteiger partial charge in [0, 0.05) is 41.5 Å². The van der Waals surface area contributed by atoms with E-state index in [1.54, 1.807) is 0 Å². The predicted octanol–water partition coefficient (Wildman–Crippen LogP) is 3.72. The van der Waals surface area contributed by atoms with E-state index in [1.165, 1.54) is 5.69 Å². The lowest BCUT2D eigenvalue weighted by atomic mass is 10.0. The van der Waals surface area contributed by atoms with E-state index in [9.17, 15) is 0 Å². The van der Waals surface area contributed by atoms with Crippen LogP contribution in [0.5, 0.6) is 0 Å². The van der Waals surface area contributed by atoms with Gasteiger partial charge >= 0.3 is 0 Å². The Morgan fingerprint density at radius 3 is 2.86 bits per heavy atom. The van der Waals surface area contributed by atoms with Crippen molar-refractivity contribution in [2.75, 3.05) is 31.2 Å². The zero-order valence-electron chi connectivity index (χ0n) is 12.1. The first kappa shape index (κ1) is 13.6. The smallest absolute Gasteiger partial charge is 0.139 e. The highest BCUT2D eigenvalue weighted by molar-refractivity contribution is 6.31. The fraction of sp³-hybridized carbons (Fsp3) is 0.235. The summed E-state index contributed by atoms with van der Waals surface area (Å²) in [7, 11) is 0.